The lowest BCUT2D eigenvalue weighted by atomic mass is 10.1. The molecule has 0 aliphatic rings. The molecule has 0 saturated carbocycles. The Kier molecular flexibility index (Phi) is 4.60. The molecule has 0 heterocycles. The quantitative estimate of drug-likeness (QED) is 0.720. The van der Waals surface area contributed by atoms with Gasteiger partial charge < -0.3 is 16.2 Å². The van der Waals surface area contributed by atoms with Gasteiger partial charge in [-0.2, -0.15) is 0 Å². The van der Waals surface area contributed by atoms with Crippen molar-refractivity contribution in [3.05, 3.63) is 35.1 Å². The van der Waals surface area contributed by atoms with E-state index in [1.807, 2.05) is 0 Å². The minimum absolute atomic E-state index is 0.145. The van der Waals surface area contributed by atoms with Gasteiger partial charge in [-0.05, 0) is 31.5 Å². The average Bonchev–Trinajstić information content (AvgIpc) is 2.28. The molecular formula is C12H17FN2O2. The predicted octanol–water partition coefficient (Wildman–Crippen LogP) is 0.572. The summed E-state index contributed by atoms with van der Waals surface area (Å²) in [7, 11) is 0. The van der Waals surface area contributed by atoms with Crippen LogP contribution in [0.5, 0.6) is 0 Å². The number of aliphatic hydroxyl groups excluding tert-OH is 1. The molecule has 0 aliphatic heterocycles. The molecule has 0 bridgehead atoms. The Morgan fingerprint density at radius 1 is 1.59 bits per heavy atom. The summed E-state index contributed by atoms with van der Waals surface area (Å²) >= 11 is 0. The number of nitrogens with two attached hydrogens (primary N) is 1. The van der Waals surface area contributed by atoms with Gasteiger partial charge in [0.1, 0.15) is 5.82 Å². The van der Waals surface area contributed by atoms with Gasteiger partial charge in [0.05, 0.1) is 6.10 Å². The van der Waals surface area contributed by atoms with Crippen molar-refractivity contribution in [1.29, 1.82) is 0 Å². The Bertz CT molecular complexity index is 407. The third kappa shape index (κ3) is 3.80. The molecule has 0 aliphatic carbocycles. The second-order valence-corrected chi connectivity index (χ2v) is 4.07. The number of carbonyl (C=O) groups is 1. The number of amides is 1. The van der Waals surface area contributed by atoms with Gasteiger partial charge in [-0.1, -0.05) is 6.07 Å². The van der Waals surface area contributed by atoms with E-state index in [4.69, 9.17) is 10.8 Å². The maximum absolute atomic E-state index is 13.0. The molecule has 1 aromatic carbocycles. The van der Waals surface area contributed by atoms with E-state index in [1.54, 1.807) is 19.9 Å². The number of aryl methyl sites for hydroxylation is 1. The lowest BCUT2D eigenvalue weighted by Gasteiger charge is -2.15. The largest absolute Gasteiger partial charge is 0.392 e. The van der Waals surface area contributed by atoms with Gasteiger partial charge >= 0.3 is 0 Å². The SMILES string of the molecule is Cc1ccc(F)cc1C(=O)NCC(N)C(C)O. The van der Waals surface area contributed by atoms with E-state index in [0.29, 0.717) is 5.56 Å². The molecule has 0 saturated heterocycles. The molecular weight excluding hydrogens is 223 g/mol. The third-order valence-electron chi connectivity index (χ3n) is 2.56. The molecule has 17 heavy (non-hydrogen) atoms. The first-order chi connectivity index (χ1) is 7.91. The van der Waals surface area contributed by atoms with Crippen LogP contribution >= 0.6 is 0 Å². The summed E-state index contributed by atoms with van der Waals surface area (Å²) in [5.41, 5.74) is 6.54. The zero-order valence-electron chi connectivity index (χ0n) is 9.90. The summed E-state index contributed by atoms with van der Waals surface area (Å²) in [6, 6.07) is 3.48. The molecule has 0 fully saturated rings. The number of hydrogen-bond donors (Lipinski definition) is 3. The zero-order chi connectivity index (χ0) is 13.0. The molecule has 1 amide bonds. The van der Waals surface area contributed by atoms with Crippen LogP contribution in [0.1, 0.15) is 22.8 Å². The normalized spacial score (nSPS) is 14.2. The maximum Gasteiger partial charge on any atom is 0.251 e. The second kappa shape index (κ2) is 5.75. The van der Waals surface area contributed by atoms with E-state index in [2.05, 4.69) is 5.32 Å². The summed E-state index contributed by atoms with van der Waals surface area (Å²) in [5.74, 6) is -0.848. The Morgan fingerprint density at radius 2 is 2.24 bits per heavy atom. The molecule has 1 rings (SSSR count). The number of hydrogen-bond acceptors (Lipinski definition) is 3. The first-order valence-corrected chi connectivity index (χ1v) is 5.40. The highest BCUT2D eigenvalue weighted by molar-refractivity contribution is 5.95. The number of halogens is 1. The van der Waals surface area contributed by atoms with Gasteiger partial charge in [0, 0.05) is 18.2 Å². The van der Waals surface area contributed by atoms with Crippen LogP contribution < -0.4 is 11.1 Å². The Hall–Kier alpha value is -1.46. The van der Waals surface area contributed by atoms with E-state index in [9.17, 15) is 9.18 Å². The first kappa shape index (κ1) is 13.6. The lowest BCUT2D eigenvalue weighted by Crippen LogP contribution is -2.43. The Balaban J connectivity index is 2.67. The van der Waals surface area contributed by atoms with Crippen molar-refractivity contribution in [3.63, 3.8) is 0 Å². The standard InChI is InChI=1S/C12H17FN2O2/c1-7-3-4-9(13)5-10(7)12(17)15-6-11(14)8(2)16/h3-5,8,11,16H,6,14H2,1-2H3,(H,15,17). The molecule has 1 aromatic rings. The highest BCUT2D eigenvalue weighted by Gasteiger charge is 2.13. The van der Waals surface area contributed by atoms with Crippen molar-refractivity contribution < 1.29 is 14.3 Å². The fourth-order valence-electron chi connectivity index (χ4n) is 1.32. The molecule has 5 heteroatoms. The average molecular weight is 240 g/mol. The van der Waals surface area contributed by atoms with Crippen molar-refractivity contribution in [2.45, 2.75) is 26.0 Å². The van der Waals surface area contributed by atoms with Gasteiger partial charge in [-0.3, -0.25) is 4.79 Å². The van der Waals surface area contributed by atoms with Crippen molar-refractivity contribution in [2.75, 3.05) is 6.54 Å². The van der Waals surface area contributed by atoms with Crippen LogP contribution in [0.15, 0.2) is 18.2 Å². The molecule has 2 unspecified atom stereocenters. The summed E-state index contributed by atoms with van der Waals surface area (Å²) < 4.78 is 13.0. The molecule has 4 N–H and O–H groups in total. The van der Waals surface area contributed by atoms with E-state index in [0.717, 1.165) is 0 Å². The van der Waals surface area contributed by atoms with Gasteiger partial charge in [-0.25, -0.2) is 4.39 Å². The summed E-state index contributed by atoms with van der Waals surface area (Å²) in [5, 5.41) is 11.7. The molecule has 4 nitrogen and oxygen atoms in total. The van der Waals surface area contributed by atoms with Crippen LogP contribution in [0.2, 0.25) is 0 Å². The van der Waals surface area contributed by atoms with Gasteiger partial charge in [0.25, 0.3) is 5.91 Å². The smallest absolute Gasteiger partial charge is 0.251 e. The minimum Gasteiger partial charge on any atom is -0.392 e. The van der Waals surface area contributed by atoms with E-state index >= 15 is 0 Å². The van der Waals surface area contributed by atoms with Gasteiger partial charge in [0.2, 0.25) is 0 Å². The maximum atomic E-state index is 13.0. The van der Waals surface area contributed by atoms with Crippen LogP contribution in [0.25, 0.3) is 0 Å². The van der Waals surface area contributed by atoms with E-state index < -0.39 is 23.9 Å². The van der Waals surface area contributed by atoms with Crippen LogP contribution in [-0.4, -0.2) is 29.7 Å². The topological polar surface area (TPSA) is 75.4 Å². The number of benzene rings is 1. The molecule has 0 spiro atoms. The molecule has 0 radical (unpaired) electrons. The molecule has 0 aromatic heterocycles. The first-order valence-electron chi connectivity index (χ1n) is 5.40. The van der Waals surface area contributed by atoms with Crippen LogP contribution in [0, 0.1) is 12.7 Å². The van der Waals surface area contributed by atoms with E-state index in [-0.39, 0.29) is 12.1 Å². The summed E-state index contributed by atoms with van der Waals surface area (Å²) in [6.07, 6.45) is -0.705. The monoisotopic (exact) mass is 240 g/mol. The zero-order valence-corrected chi connectivity index (χ0v) is 9.90. The van der Waals surface area contributed by atoms with E-state index in [1.165, 1.54) is 12.1 Å². The second-order valence-electron chi connectivity index (χ2n) is 4.07. The Morgan fingerprint density at radius 3 is 2.82 bits per heavy atom. The van der Waals surface area contributed by atoms with Crippen molar-refractivity contribution in [3.8, 4) is 0 Å². The van der Waals surface area contributed by atoms with Crippen LogP contribution in [-0.2, 0) is 0 Å². The number of nitrogens with one attached hydrogen (secondary N) is 1. The van der Waals surface area contributed by atoms with Crippen LogP contribution in [0.4, 0.5) is 4.39 Å². The summed E-state index contributed by atoms with van der Waals surface area (Å²) in [4.78, 5) is 11.7. The highest BCUT2D eigenvalue weighted by Crippen LogP contribution is 2.09. The minimum atomic E-state index is -0.705. The lowest BCUT2D eigenvalue weighted by molar-refractivity contribution is 0.0936. The Labute approximate surface area is 99.6 Å². The number of rotatable bonds is 4. The van der Waals surface area contributed by atoms with Crippen LogP contribution in [0.3, 0.4) is 0 Å². The van der Waals surface area contributed by atoms with Crippen molar-refractivity contribution in [2.24, 2.45) is 5.73 Å². The fraction of sp³-hybridized carbons (Fsp3) is 0.417. The third-order valence-corrected chi connectivity index (χ3v) is 2.56. The fourth-order valence-corrected chi connectivity index (χ4v) is 1.32. The predicted molar refractivity (Wildman–Crippen MR) is 63.1 cm³/mol. The molecule has 94 valence electrons. The molecule has 2 atom stereocenters. The number of carbonyl (C=O) groups excluding carboxylic acids is 1. The van der Waals surface area contributed by atoms with Gasteiger partial charge in [-0.15, -0.1) is 0 Å². The van der Waals surface area contributed by atoms with Crippen molar-refractivity contribution >= 4 is 5.91 Å². The van der Waals surface area contributed by atoms with Gasteiger partial charge in [0.15, 0.2) is 0 Å². The summed E-state index contributed by atoms with van der Waals surface area (Å²) in [6.45, 7) is 3.42. The number of aliphatic hydroxyl groups is 1. The highest BCUT2D eigenvalue weighted by atomic mass is 19.1. The van der Waals surface area contributed by atoms with Crippen molar-refractivity contribution in [1.82, 2.24) is 5.32 Å².